The third-order valence-corrected chi connectivity index (χ3v) is 6.35. The molecule has 0 saturated carbocycles. The van der Waals surface area contributed by atoms with Crippen molar-refractivity contribution < 1.29 is 9.53 Å². The molecule has 1 fully saturated rings. The first-order valence-corrected chi connectivity index (χ1v) is 11.8. The Balaban J connectivity index is 1.36. The van der Waals surface area contributed by atoms with Gasteiger partial charge < -0.3 is 15.0 Å². The van der Waals surface area contributed by atoms with Gasteiger partial charge in [0.2, 0.25) is 5.91 Å². The Bertz CT molecular complexity index is 854. The van der Waals surface area contributed by atoms with Crippen LogP contribution in [0.25, 0.3) is 0 Å². The molecule has 31 heavy (non-hydrogen) atoms. The maximum atomic E-state index is 12.0. The number of likely N-dealkylation sites (tertiary alicyclic amines) is 1. The first-order chi connectivity index (χ1) is 14.9. The molecule has 1 aliphatic heterocycles. The van der Waals surface area contributed by atoms with Gasteiger partial charge in [0.25, 0.3) is 0 Å². The van der Waals surface area contributed by atoms with Gasteiger partial charge in [-0.05, 0) is 106 Å². The summed E-state index contributed by atoms with van der Waals surface area (Å²) < 4.78 is 5.91. The van der Waals surface area contributed by atoms with E-state index in [1.54, 1.807) is 0 Å². The van der Waals surface area contributed by atoms with Crippen LogP contribution in [0, 0.1) is 19.8 Å². The number of carbonyl (C=O) groups is 1. The monoisotopic (exact) mass is 422 g/mol. The van der Waals surface area contributed by atoms with E-state index in [1.807, 2.05) is 19.9 Å². The van der Waals surface area contributed by atoms with E-state index >= 15 is 0 Å². The maximum absolute atomic E-state index is 12.0. The highest BCUT2D eigenvalue weighted by Gasteiger charge is 2.20. The van der Waals surface area contributed by atoms with Gasteiger partial charge in [-0.15, -0.1) is 0 Å². The quantitative estimate of drug-likeness (QED) is 0.509. The number of nitrogens with zero attached hydrogens (tertiary/aromatic N) is 1. The van der Waals surface area contributed by atoms with Crippen molar-refractivity contribution >= 4 is 11.6 Å². The first kappa shape index (κ1) is 23.3. The van der Waals surface area contributed by atoms with Crippen molar-refractivity contribution in [2.24, 2.45) is 5.92 Å². The summed E-state index contributed by atoms with van der Waals surface area (Å²) in [6, 6.07) is 14.7. The fraction of sp³-hybridized carbons (Fsp3) is 0.519. The number of piperidine rings is 1. The lowest BCUT2D eigenvalue weighted by molar-refractivity contribution is -0.118. The molecule has 4 heteroatoms. The van der Waals surface area contributed by atoms with E-state index in [-0.39, 0.29) is 11.8 Å². The molecule has 1 amide bonds. The van der Waals surface area contributed by atoms with E-state index in [0.29, 0.717) is 5.92 Å². The summed E-state index contributed by atoms with van der Waals surface area (Å²) in [5, 5.41) is 3.03. The Morgan fingerprint density at radius 1 is 1.06 bits per heavy atom. The minimum absolute atomic E-state index is 0.00157. The van der Waals surface area contributed by atoms with Gasteiger partial charge in [-0.25, -0.2) is 0 Å². The largest absolute Gasteiger partial charge is 0.494 e. The Labute approximate surface area is 188 Å². The second kappa shape index (κ2) is 11.3. The summed E-state index contributed by atoms with van der Waals surface area (Å²) in [6.45, 7) is 12.3. The molecule has 1 saturated heterocycles. The van der Waals surface area contributed by atoms with E-state index in [2.05, 4.69) is 60.5 Å². The smallest absolute Gasteiger partial charge is 0.226 e. The van der Waals surface area contributed by atoms with Crippen molar-refractivity contribution in [3.05, 3.63) is 59.2 Å². The van der Waals surface area contributed by atoms with Crippen LogP contribution in [-0.4, -0.2) is 37.0 Å². The molecule has 2 aromatic rings. The highest BCUT2D eigenvalue weighted by Crippen LogP contribution is 2.29. The molecular weight excluding hydrogens is 384 g/mol. The normalized spacial score (nSPS) is 15.3. The van der Waals surface area contributed by atoms with Crippen molar-refractivity contribution in [3.8, 4) is 5.75 Å². The number of carbonyl (C=O) groups excluding carboxylic acids is 1. The summed E-state index contributed by atoms with van der Waals surface area (Å²) in [5.74, 6) is 1.64. The van der Waals surface area contributed by atoms with Crippen LogP contribution in [0.15, 0.2) is 42.5 Å². The van der Waals surface area contributed by atoms with Crippen LogP contribution >= 0.6 is 0 Å². The van der Waals surface area contributed by atoms with Gasteiger partial charge in [0.15, 0.2) is 0 Å². The highest BCUT2D eigenvalue weighted by molar-refractivity contribution is 5.92. The number of hydrogen-bond acceptors (Lipinski definition) is 3. The molecule has 1 heterocycles. The third-order valence-electron chi connectivity index (χ3n) is 6.35. The lowest BCUT2D eigenvalue weighted by atomic mass is 9.89. The van der Waals surface area contributed by atoms with Crippen molar-refractivity contribution in [2.75, 3.05) is 31.6 Å². The number of amides is 1. The van der Waals surface area contributed by atoms with Crippen LogP contribution in [0.1, 0.15) is 62.1 Å². The first-order valence-electron chi connectivity index (χ1n) is 11.8. The molecule has 0 radical (unpaired) electrons. The van der Waals surface area contributed by atoms with Gasteiger partial charge in [-0.2, -0.15) is 0 Å². The maximum Gasteiger partial charge on any atom is 0.226 e. The Morgan fingerprint density at radius 2 is 1.84 bits per heavy atom. The number of ether oxygens (including phenoxy) is 1. The predicted octanol–water partition coefficient (Wildman–Crippen LogP) is 5.94. The Hall–Kier alpha value is -2.33. The SMILES string of the molecule is Cc1ccc(OCCCCN2CCC(c3cccc(NC(=O)C(C)C)c3)CC2)cc1C. The van der Waals surface area contributed by atoms with Crippen LogP contribution in [0.4, 0.5) is 5.69 Å². The fourth-order valence-corrected chi connectivity index (χ4v) is 4.08. The average molecular weight is 423 g/mol. The minimum Gasteiger partial charge on any atom is -0.494 e. The molecular formula is C27H38N2O2. The summed E-state index contributed by atoms with van der Waals surface area (Å²) in [6.07, 6.45) is 4.62. The molecule has 0 aliphatic carbocycles. The van der Waals surface area contributed by atoms with Gasteiger partial charge >= 0.3 is 0 Å². The van der Waals surface area contributed by atoms with Crippen LogP contribution in [-0.2, 0) is 4.79 Å². The standard InChI is InChI=1S/C27H38N2O2/c1-20(2)27(30)28-25-9-7-8-24(19-25)23-12-15-29(16-13-23)14-5-6-17-31-26-11-10-21(3)22(4)18-26/h7-11,18-20,23H,5-6,12-17H2,1-4H3,(H,28,30). The number of hydrogen-bond donors (Lipinski definition) is 1. The summed E-state index contributed by atoms with van der Waals surface area (Å²) >= 11 is 0. The molecule has 0 spiro atoms. The predicted molar refractivity (Wildman–Crippen MR) is 129 cm³/mol. The second-order valence-corrected chi connectivity index (χ2v) is 9.19. The summed E-state index contributed by atoms with van der Waals surface area (Å²) in [5.41, 5.74) is 4.86. The molecule has 3 rings (SSSR count). The average Bonchev–Trinajstić information content (AvgIpc) is 2.76. The lowest BCUT2D eigenvalue weighted by Crippen LogP contribution is -2.33. The molecule has 4 nitrogen and oxygen atoms in total. The third kappa shape index (κ3) is 7.10. The number of nitrogens with one attached hydrogen (secondary N) is 1. The van der Waals surface area contributed by atoms with Crippen LogP contribution < -0.4 is 10.1 Å². The Morgan fingerprint density at radius 3 is 2.55 bits per heavy atom. The minimum atomic E-state index is -0.00157. The van der Waals surface area contributed by atoms with Gasteiger partial charge in [-0.1, -0.05) is 32.0 Å². The van der Waals surface area contributed by atoms with Crippen LogP contribution in [0.2, 0.25) is 0 Å². The van der Waals surface area contributed by atoms with Crippen molar-refractivity contribution in [2.45, 2.75) is 59.3 Å². The van der Waals surface area contributed by atoms with Crippen molar-refractivity contribution in [1.82, 2.24) is 4.90 Å². The number of rotatable bonds is 9. The van der Waals surface area contributed by atoms with E-state index in [9.17, 15) is 4.79 Å². The van der Waals surface area contributed by atoms with Gasteiger partial charge in [0.1, 0.15) is 5.75 Å². The highest BCUT2D eigenvalue weighted by atomic mass is 16.5. The van der Waals surface area contributed by atoms with E-state index < -0.39 is 0 Å². The van der Waals surface area contributed by atoms with Gasteiger partial charge in [0, 0.05) is 11.6 Å². The summed E-state index contributed by atoms with van der Waals surface area (Å²) in [4.78, 5) is 14.6. The number of unbranched alkanes of at least 4 members (excludes halogenated alkanes) is 1. The van der Waals surface area contributed by atoms with Crippen molar-refractivity contribution in [3.63, 3.8) is 0 Å². The van der Waals surface area contributed by atoms with Gasteiger partial charge in [0.05, 0.1) is 6.61 Å². The molecule has 2 aromatic carbocycles. The zero-order valence-electron chi connectivity index (χ0n) is 19.6. The van der Waals surface area contributed by atoms with E-state index in [0.717, 1.165) is 44.1 Å². The molecule has 1 aliphatic rings. The van der Waals surface area contributed by atoms with Crippen LogP contribution in [0.5, 0.6) is 5.75 Å². The van der Waals surface area contributed by atoms with Crippen LogP contribution in [0.3, 0.4) is 0 Å². The number of anilines is 1. The molecule has 0 aromatic heterocycles. The molecule has 1 N–H and O–H groups in total. The molecule has 0 unspecified atom stereocenters. The van der Waals surface area contributed by atoms with E-state index in [4.69, 9.17) is 4.74 Å². The number of aryl methyl sites for hydroxylation is 2. The fourth-order valence-electron chi connectivity index (χ4n) is 4.08. The number of benzene rings is 2. The lowest BCUT2D eigenvalue weighted by Gasteiger charge is -2.32. The summed E-state index contributed by atoms with van der Waals surface area (Å²) in [7, 11) is 0. The van der Waals surface area contributed by atoms with Gasteiger partial charge in [-0.3, -0.25) is 4.79 Å². The topological polar surface area (TPSA) is 41.6 Å². The molecule has 168 valence electrons. The van der Waals surface area contributed by atoms with E-state index in [1.165, 1.54) is 36.0 Å². The zero-order chi connectivity index (χ0) is 22.2. The van der Waals surface area contributed by atoms with Crippen molar-refractivity contribution in [1.29, 1.82) is 0 Å². The molecule has 0 atom stereocenters. The molecule has 0 bridgehead atoms. The Kier molecular flexibility index (Phi) is 8.53. The second-order valence-electron chi connectivity index (χ2n) is 9.19. The zero-order valence-corrected chi connectivity index (χ0v) is 19.6.